The van der Waals surface area contributed by atoms with Crippen LogP contribution in [0.1, 0.15) is 33.1 Å². The summed E-state index contributed by atoms with van der Waals surface area (Å²) in [6.07, 6.45) is 1.53. The van der Waals surface area contributed by atoms with Gasteiger partial charge in [-0.25, -0.2) is 0 Å². The van der Waals surface area contributed by atoms with Crippen LogP contribution in [-0.4, -0.2) is 22.2 Å². The van der Waals surface area contributed by atoms with Crippen LogP contribution in [0, 0.1) is 23.7 Å². The molecule has 1 rings (SSSR count). The highest BCUT2D eigenvalue weighted by Gasteiger charge is 2.36. The van der Waals surface area contributed by atoms with E-state index in [0.29, 0.717) is 18.8 Å². The second-order valence-electron chi connectivity index (χ2n) is 4.78. The van der Waals surface area contributed by atoms with Crippen molar-refractivity contribution in [1.82, 2.24) is 0 Å². The van der Waals surface area contributed by atoms with Gasteiger partial charge in [-0.15, -0.1) is 0 Å². The molecule has 1 aliphatic carbocycles. The van der Waals surface area contributed by atoms with Crippen molar-refractivity contribution in [2.75, 3.05) is 0 Å². The lowest BCUT2D eigenvalue weighted by Crippen LogP contribution is -2.33. The number of hydrogen-bond acceptors (Lipinski definition) is 2. The Hall–Kier alpha value is -1.06. The van der Waals surface area contributed by atoms with Gasteiger partial charge in [-0.05, 0) is 31.1 Å². The van der Waals surface area contributed by atoms with Crippen LogP contribution in [0.2, 0.25) is 0 Å². The van der Waals surface area contributed by atoms with Gasteiger partial charge in [0.25, 0.3) is 0 Å². The number of carboxylic acid groups (broad SMARTS) is 2. The van der Waals surface area contributed by atoms with Gasteiger partial charge >= 0.3 is 11.9 Å². The molecule has 1 saturated carbocycles. The first kappa shape index (κ1) is 12.0. The topological polar surface area (TPSA) is 74.6 Å². The second-order valence-corrected chi connectivity index (χ2v) is 4.78. The summed E-state index contributed by atoms with van der Waals surface area (Å²) in [5.74, 6) is -2.09. The summed E-state index contributed by atoms with van der Waals surface area (Å²) >= 11 is 0. The number of aliphatic carboxylic acids is 2. The second kappa shape index (κ2) is 4.64. The molecule has 0 saturated heterocycles. The molecule has 2 N–H and O–H groups in total. The van der Waals surface area contributed by atoms with Crippen molar-refractivity contribution in [2.45, 2.75) is 33.1 Å². The molecule has 4 nitrogen and oxygen atoms in total. The first-order valence-corrected chi connectivity index (χ1v) is 5.37. The first-order chi connectivity index (χ1) is 6.91. The molecule has 15 heavy (non-hydrogen) atoms. The molecular formula is C11H18O4. The van der Waals surface area contributed by atoms with Crippen LogP contribution in [0.25, 0.3) is 0 Å². The fraction of sp³-hybridized carbons (Fsp3) is 0.818. The Kier molecular flexibility index (Phi) is 3.72. The van der Waals surface area contributed by atoms with Crippen LogP contribution in [0.3, 0.4) is 0 Å². The Morgan fingerprint density at radius 3 is 1.67 bits per heavy atom. The Bertz CT molecular complexity index is 237. The van der Waals surface area contributed by atoms with Crippen LogP contribution < -0.4 is 0 Å². The maximum absolute atomic E-state index is 10.9. The molecule has 1 aliphatic rings. The lowest BCUT2D eigenvalue weighted by atomic mass is 9.71. The van der Waals surface area contributed by atoms with Crippen molar-refractivity contribution < 1.29 is 19.8 Å². The summed E-state index contributed by atoms with van der Waals surface area (Å²) in [6.45, 7) is 4.04. The highest BCUT2D eigenvalue weighted by atomic mass is 16.4. The van der Waals surface area contributed by atoms with Gasteiger partial charge in [0.05, 0.1) is 11.8 Å². The highest BCUT2D eigenvalue weighted by Crippen LogP contribution is 2.37. The summed E-state index contributed by atoms with van der Waals surface area (Å²) < 4.78 is 0. The predicted octanol–water partition coefficient (Wildman–Crippen LogP) is 1.84. The molecule has 0 heterocycles. The van der Waals surface area contributed by atoms with E-state index in [1.54, 1.807) is 0 Å². The average Bonchev–Trinajstić information content (AvgIpc) is 2.16. The number of hydrogen-bond donors (Lipinski definition) is 2. The zero-order chi connectivity index (χ0) is 11.6. The number of carbonyl (C=O) groups is 2. The van der Waals surface area contributed by atoms with Crippen molar-refractivity contribution >= 4 is 11.9 Å². The van der Waals surface area contributed by atoms with Crippen molar-refractivity contribution in [2.24, 2.45) is 23.7 Å². The van der Waals surface area contributed by atoms with Gasteiger partial charge in [-0.1, -0.05) is 13.8 Å². The van der Waals surface area contributed by atoms with Crippen molar-refractivity contribution in [3.05, 3.63) is 0 Å². The van der Waals surface area contributed by atoms with E-state index in [4.69, 9.17) is 10.2 Å². The third kappa shape index (κ3) is 2.94. The molecule has 2 unspecified atom stereocenters. The molecule has 0 bridgehead atoms. The zero-order valence-corrected chi connectivity index (χ0v) is 9.14. The van der Waals surface area contributed by atoms with Gasteiger partial charge in [0, 0.05) is 0 Å². The van der Waals surface area contributed by atoms with E-state index >= 15 is 0 Å². The molecule has 86 valence electrons. The van der Waals surface area contributed by atoms with Crippen molar-refractivity contribution in [1.29, 1.82) is 0 Å². The van der Waals surface area contributed by atoms with Gasteiger partial charge in [0.1, 0.15) is 0 Å². The Labute approximate surface area is 89.3 Å². The third-order valence-electron chi connectivity index (χ3n) is 3.38. The summed E-state index contributed by atoms with van der Waals surface area (Å²) in [5.41, 5.74) is 0. The standard InChI is InChI=1S/C11H18O4/c1-6(2)7-3-8(10(12)13)5-9(4-7)11(14)15/h6-9H,3-5H2,1-2H3,(H,12,13)(H,14,15). The Balaban J connectivity index is 2.72. The van der Waals surface area contributed by atoms with E-state index in [1.165, 1.54) is 0 Å². The summed E-state index contributed by atoms with van der Waals surface area (Å²) in [5, 5.41) is 17.9. The van der Waals surface area contributed by atoms with Gasteiger partial charge in [-0.2, -0.15) is 0 Å². The van der Waals surface area contributed by atoms with Crippen LogP contribution in [-0.2, 0) is 9.59 Å². The average molecular weight is 214 g/mol. The first-order valence-electron chi connectivity index (χ1n) is 5.37. The Morgan fingerprint density at radius 1 is 1.00 bits per heavy atom. The molecule has 0 amide bonds. The molecule has 1 fully saturated rings. The minimum absolute atomic E-state index is 0.223. The SMILES string of the molecule is CC(C)C1CC(C(=O)O)CC(C(=O)O)C1. The highest BCUT2D eigenvalue weighted by molar-refractivity contribution is 5.74. The molecule has 0 aromatic rings. The van der Waals surface area contributed by atoms with Crippen LogP contribution >= 0.6 is 0 Å². The lowest BCUT2D eigenvalue weighted by Gasteiger charge is -2.33. The summed E-state index contributed by atoms with van der Waals surface area (Å²) in [4.78, 5) is 21.8. The largest absolute Gasteiger partial charge is 0.481 e. The summed E-state index contributed by atoms with van der Waals surface area (Å²) in [7, 11) is 0. The van der Waals surface area contributed by atoms with E-state index in [-0.39, 0.29) is 12.3 Å². The number of carboxylic acids is 2. The fourth-order valence-electron chi connectivity index (χ4n) is 2.31. The van der Waals surface area contributed by atoms with Crippen LogP contribution in [0.5, 0.6) is 0 Å². The molecule has 0 spiro atoms. The molecule has 0 aliphatic heterocycles. The molecule has 0 aromatic carbocycles. The lowest BCUT2D eigenvalue weighted by molar-refractivity contribution is -0.149. The quantitative estimate of drug-likeness (QED) is 0.751. The van der Waals surface area contributed by atoms with Gasteiger partial charge in [-0.3, -0.25) is 9.59 Å². The van der Waals surface area contributed by atoms with Crippen molar-refractivity contribution in [3.63, 3.8) is 0 Å². The maximum atomic E-state index is 10.9. The summed E-state index contributed by atoms with van der Waals surface area (Å²) in [6, 6.07) is 0. The maximum Gasteiger partial charge on any atom is 0.306 e. The van der Waals surface area contributed by atoms with E-state index in [2.05, 4.69) is 0 Å². The third-order valence-corrected chi connectivity index (χ3v) is 3.38. The van der Waals surface area contributed by atoms with E-state index in [0.717, 1.165) is 0 Å². The van der Waals surface area contributed by atoms with E-state index in [9.17, 15) is 9.59 Å². The molecule has 0 aromatic heterocycles. The fourth-order valence-corrected chi connectivity index (χ4v) is 2.31. The molecule has 4 heteroatoms. The van der Waals surface area contributed by atoms with E-state index < -0.39 is 23.8 Å². The van der Waals surface area contributed by atoms with Crippen LogP contribution in [0.15, 0.2) is 0 Å². The molecule has 0 radical (unpaired) electrons. The minimum Gasteiger partial charge on any atom is -0.481 e. The molecule has 2 atom stereocenters. The van der Waals surface area contributed by atoms with Gasteiger partial charge < -0.3 is 10.2 Å². The van der Waals surface area contributed by atoms with E-state index in [1.807, 2.05) is 13.8 Å². The van der Waals surface area contributed by atoms with Crippen LogP contribution in [0.4, 0.5) is 0 Å². The number of rotatable bonds is 3. The monoisotopic (exact) mass is 214 g/mol. The zero-order valence-electron chi connectivity index (χ0n) is 9.14. The minimum atomic E-state index is -0.855. The van der Waals surface area contributed by atoms with Crippen molar-refractivity contribution in [3.8, 4) is 0 Å². The smallest absolute Gasteiger partial charge is 0.306 e. The van der Waals surface area contributed by atoms with Gasteiger partial charge in [0.2, 0.25) is 0 Å². The molecular weight excluding hydrogens is 196 g/mol. The predicted molar refractivity (Wildman–Crippen MR) is 54.4 cm³/mol. The van der Waals surface area contributed by atoms with Gasteiger partial charge in [0.15, 0.2) is 0 Å². The Morgan fingerprint density at radius 2 is 1.40 bits per heavy atom. The normalized spacial score (nSPS) is 31.5.